The molecule has 0 aromatic carbocycles. The Morgan fingerprint density at radius 1 is 1.57 bits per heavy atom. The summed E-state index contributed by atoms with van der Waals surface area (Å²) in [7, 11) is 0. The number of thiophene rings is 1. The van der Waals surface area contributed by atoms with E-state index in [0.717, 1.165) is 28.7 Å². The number of alkyl halides is 1. The van der Waals surface area contributed by atoms with Crippen LogP contribution in [0.3, 0.4) is 0 Å². The molecule has 1 nitrogen and oxygen atoms in total. The summed E-state index contributed by atoms with van der Waals surface area (Å²) in [6.07, 6.45) is 3.55. The van der Waals surface area contributed by atoms with Crippen molar-refractivity contribution in [2.24, 2.45) is 0 Å². The summed E-state index contributed by atoms with van der Waals surface area (Å²) in [5, 5.41) is 0.0515. The molecule has 0 bridgehead atoms. The maximum atomic E-state index is 6.27. The Morgan fingerprint density at radius 3 is 3.00 bits per heavy atom. The van der Waals surface area contributed by atoms with Crippen LogP contribution in [0.15, 0.2) is 12.1 Å². The first-order valence-corrected chi connectivity index (χ1v) is 6.39. The largest absolute Gasteiger partial charge is 0.378 e. The highest BCUT2D eigenvalue weighted by Gasteiger charge is 2.21. The van der Waals surface area contributed by atoms with Crippen molar-refractivity contribution >= 4 is 34.5 Å². The van der Waals surface area contributed by atoms with Crippen molar-refractivity contribution in [3.05, 3.63) is 21.3 Å². The molecule has 78 valence electrons. The van der Waals surface area contributed by atoms with Crippen LogP contribution in [0.1, 0.15) is 29.5 Å². The number of hydrogen-bond donors (Lipinski definition) is 0. The van der Waals surface area contributed by atoms with E-state index in [1.165, 1.54) is 6.42 Å². The van der Waals surface area contributed by atoms with Crippen molar-refractivity contribution in [2.75, 3.05) is 6.61 Å². The zero-order chi connectivity index (χ0) is 9.97. The van der Waals surface area contributed by atoms with Gasteiger partial charge in [0.15, 0.2) is 0 Å². The van der Waals surface area contributed by atoms with Crippen LogP contribution in [0.2, 0.25) is 4.34 Å². The highest BCUT2D eigenvalue weighted by atomic mass is 35.5. The van der Waals surface area contributed by atoms with E-state index >= 15 is 0 Å². The molecule has 2 atom stereocenters. The fourth-order valence-electron chi connectivity index (χ4n) is 1.67. The van der Waals surface area contributed by atoms with Crippen molar-refractivity contribution in [3.8, 4) is 0 Å². The maximum Gasteiger partial charge on any atom is 0.0931 e. The van der Waals surface area contributed by atoms with E-state index < -0.39 is 0 Å². The smallest absolute Gasteiger partial charge is 0.0931 e. The molecule has 4 heteroatoms. The van der Waals surface area contributed by atoms with Gasteiger partial charge in [-0.15, -0.1) is 22.9 Å². The minimum absolute atomic E-state index is 0.0515. The molecule has 1 fully saturated rings. The molecule has 1 saturated heterocycles. The van der Waals surface area contributed by atoms with Crippen molar-refractivity contribution < 1.29 is 4.74 Å². The first-order valence-electron chi connectivity index (χ1n) is 4.76. The van der Waals surface area contributed by atoms with Gasteiger partial charge < -0.3 is 4.74 Å². The molecule has 0 aliphatic carbocycles. The van der Waals surface area contributed by atoms with Gasteiger partial charge in [0.2, 0.25) is 0 Å². The minimum Gasteiger partial charge on any atom is -0.378 e. The Balaban J connectivity index is 1.91. The van der Waals surface area contributed by atoms with Gasteiger partial charge in [0.1, 0.15) is 0 Å². The lowest BCUT2D eigenvalue weighted by Gasteiger charge is -2.12. The highest BCUT2D eigenvalue weighted by molar-refractivity contribution is 7.16. The number of halogens is 2. The molecule has 2 unspecified atom stereocenters. The Labute approximate surface area is 98.0 Å². The molecule has 2 heterocycles. The van der Waals surface area contributed by atoms with E-state index in [2.05, 4.69) is 0 Å². The van der Waals surface area contributed by atoms with Crippen LogP contribution in [0.4, 0.5) is 0 Å². The minimum atomic E-state index is 0.0515. The van der Waals surface area contributed by atoms with Crippen LogP contribution in [-0.2, 0) is 4.74 Å². The lowest BCUT2D eigenvalue weighted by atomic mass is 10.1. The fraction of sp³-hybridized carbons (Fsp3) is 0.600. The lowest BCUT2D eigenvalue weighted by molar-refractivity contribution is 0.103. The average Bonchev–Trinajstić information content (AvgIpc) is 2.75. The van der Waals surface area contributed by atoms with Gasteiger partial charge in [-0.2, -0.15) is 0 Å². The zero-order valence-corrected chi connectivity index (χ0v) is 10.0. The van der Waals surface area contributed by atoms with Crippen LogP contribution in [0, 0.1) is 0 Å². The molecule has 1 aromatic rings. The Bertz CT molecular complexity index is 294. The maximum absolute atomic E-state index is 6.27. The molecule has 14 heavy (non-hydrogen) atoms. The SMILES string of the molecule is Clc1ccc(C(Cl)CC2CCCO2)s1. The summed E-state index contributed by atoms with van der Waals surface area (Å²) in [5.74, 6) is 0. The summed E-state index contributed by atoms with van der Waals surface area (Å²) in [4.78, 5) is 1.15. The van der Waals surface area contributed by atoms with E-state index in [-0.39, 0.29) is 5.38 Å². The van der Waals surface area contributed by atoms with Gasteiger partial charge >= 0.3 is 0 Å². The van der Waals surface area contributed by atoms with Gasteiger partial charge in [-0.3, -0.25) is 0 Å². The first-order chi connectivity index (χ1) is 6.75. The van der Waals surface area contributed by atoms with Crippen molar-refractivity contribution in [2.45, 2.75) is 30.7 Å². The lowest BCUT2D eigenvalue weighted by Crippen LogP contribution is -2.07. The normalized spacial score (nSPS) is 24.0. The summed E-state index contributed by atoms with van der Waals surface area (Å²) in [6, 6.07) is 3.89. The van der Waals surface area contributed by atoms with Crippen molar-refractivity contribution in [1.82, 2.24) is 0 Å². The summed E-state index contributed by atoms with van der Waals surface area (Å²) < 4.78 is 6.34. The van der Waals surface area contributed by atoms with Crippen LogP contribution in [-0.4, -0.2) is 12.7 Å². The molecule has 0 N–H and O–H groups in total. The second kappa shape index (κ2) is 4.84. The molecule has 0 amide bonds. The Kier molecular flexibility index (Phi) is 3.72. The quantitative estimate of drug-likeness (QED) is 0.729. The third kappa shape index (κ3) is 2.63. The van der Waals surface area contributed by atoms with Gasteiger partial charge in [-0.25, -0.2) is 0 Å². The predicted octanol–water partition coefficient (Wildman–Crippen LogP) is 4.25. The third-order valence-electron chi connectivity index (χ3n) is 2.40. The number of rotatable bonds is 3. The van der Waals surface area contributed by atoms with E-state index in [4.69, 9.17) is 27.9 Å². The monoisotopic (exact) mass is 250 g/mol. The number of ether oxygens (including phenoxy) is 1. The van der Waals surface area contributed by atoms with Gasteiger partial charge in [-0.1, -0.05) is 11.6 Å². The number of hydrogen-bond acceptors (Lipinski definition) is 2. The molecule has 1 aliphatic heterocycles. The molecule has 0 spiro atoms. The molecular formula is C10H12Cl2OS. The van der Waals surface area contributed by atoms with Gasteiger partial charge in [0.05, 0.1) is 15.8 Å². The summed E-state index contributed by atoms with van der Waals surface area (Å²) in [5.41, 5.74) is 0. The topological polar surface area (TPSA) is 9.23 Å². The summed E-state index contributed by atoms with van der Waals surface area (Å²) in [6.45, 7) is 0.888. The van der Waals surface area contributed by atoms with Gasteiger partial charge in [0.25, 0.3) is 0 Å². The molecule has 0 radical (unpaired) electrons. The van der Waals surface area contributed by atoms with Gasteiger partial charge in [-0.05, 0) is 31.4 Å². The zero-order valence-electron chi connectivity index (χ0n) is 7.71. The highest BCUT2D eigenvalue weighted by Crippen LogP contribution is 2.35. The molecular weight excluding hydrogens is 239 g/mol. The van der Waals surface area contributed by atoms with Crippen LogP contribution >= 0.6 is 34.5 Å². The second-order valence-electron chi connectivity index (χ2n) is 3.48. The second-order valence-corrected chi connectivity index (χ2v) is 5.75. The standard InChI is InChI=1S/C10H12Cl2OS/c11-8(6-7-2-1-5-13-7)9-3-4-10(12)14-9/h3-4,7-8H,1-2,5-6H2. The Hall–Kier alpha value is 0.240. The predicted molar refractivity (Wildman–Crippen MR) is 61.5 cm³/mol. The summed E-state index contributed by atoms with van der Waals surface area (Å²) >= 11 is 13.7. The van der Waals surface area contributed by atoms with E-state index in [1.807, 2.05) is 12.1 Å². The van der Waals surface area contributed by atoms with E-state index in [9.17, 15) is 0 Å². The van der Waals surface area contributed by atoms with Crippen molar-refractivity contribution in [3.63, 3.8) is 0 Å². The molecule has 1 aromatic heterocycles. The fourth-order valence-corrected chi connectivity index (χ4v) is 3.13. The van der Waals surface area contributed by atoms with E-state index in [1.54, 1.807) is 11.3 Å². The molecule has 1 aliphatic rings. The average molecular weight is 251 g/mol. The van der Waals surface area contributed by atoms with Crippen LogP contribution in [0.5, 0.6) is 0 Å². The first kappa shape index (κ1) is 10.7. The van der Waals surface area contributed by atoms with E-state index in [0.29, 0.717) is 6.10 Å². The van der Waals surface area contributed by atoms with Crippen LogP contribution < -0.4 is 0 Å². The van der Waals surface area contributed by atoms with Crippen LogP contribution in [0.25, 0.3) is 0 Å². The molecule has 0 saturated carbocycles. The van der Waals surface area contributed by atoms with Crippen molar-refractivity contribution in [1.29, 1.82) is 0 Å². The Morgan fingerprint density at radius 2 is 2.43 bits per heavy atom. The molecule has 2 rings (SSSR count). The van der Waals surface area contributed by atoms with Gasteiger partial charge in [0, 0.05) is 11.5 Å². The third-order valence-corrected chi connectivity index (χ3v) is 4.28.